The van der Waals surface area contributed by atoms with Crippen LogP contribution < -0.4 is 0 Å². The Morgan fingerprint density at radius 2 is 1.67 bits per heavy atom. The largest absolute Gasteiger partial charge is 0.288 e. The lowest BCUT2D eigenvalue weighted by Gasteiger charge is -2.44. The molecule has 0 aliphatic rings. The van der Waals surface area contributed by atoms with Gasteiger partial charge in [-0.2, -0.15) is 0 Å². The minimum atomic E-state index is -0.688. The molecule has 0 unspecified atom stereocenters. The van der Waals surface area contributed by atoms with E-state index in [9.17, 15) is 9.59 Å². The van der Waals surface area contributed by atoms with Gasteiger partial charge < -0.3 is 0 Å². The number of unbranched alkanes of at least 4 members (excludes halogenated alkanes) is 1. The summed E-state index contributed by atoms with van der Waals surface area (Å²) in [6.45, 7) is 12.4. The lowest BCUT2D eigenvalue weighted by Crippen LogP contribution is -2.60. The summed E-state index contributed by atoms with van der Waals surface area (Å²) in [6.07, 6.45) is 2.46. The second-order valence-corrected chi connectivity index (χ2v) is 6.25. The molecule has 0 spiro atoms. The van der Waals surface area contributed by atoms with Crippen molar-refractivity contribution in [1.29, 1.82) is 0 Å². The minimum absolute atomic E-state index is 0.127. The topological polar surface area (TPSA) is 40.6 Å². The van der Waals surface area contributed by atoms with Crippen LogP contribution in [-0.4, -0.2) is 46.8 Å². The third-order valence-electron chi connectivity index (χ3n) is 3.51. The molecule has 4 nitrogen and oxygen atoms in total. The lowest BCUT2D eigenvalue weighted by atomic mass is 9.94. The van der Waals surface area contributed by atoms with Gasteiger partial charge in [0.2, 0.25) is 12.3 Å². The van der Waals surface area contributed by atoms with E-state index in [0.717, 1.165) is 12.8 Å². The van der Waals surface area contributed by atoms with E-state index in [0.29, 0.717) is 13.0 Å². The molecule has 0 radical (unpaired) electrons. The maximum absolute atomic E-state index is 12.4. The molecular weight excluding hydrogens is 228 g/mol. The number of rotatable bonds is 6. The van der Waals surface area contributed by atoms with Gasteiger partial charge in [-0.05, 0) is 48.1 Å². The molecule has 0 aliphatic heterocycles. The highest BCUT2D eigenvalue weighted by atomic mass is 16.2. The van der Waals surface area contributed by atoms with Gasteiger partial charge in [-0.3, -0.25) is 19.4 Å². The van der Waals surface area contributed by atoms with E-state index in [1.54, 1.807) is 0 Å². The van der Waals surface area contributed by atoms with Gasteiger partial charge in [-0.25, -0.2) is 0 Å². The maximum atomic E-state index is 12.4. The van der Waals surface area contributed by atoms with Crippen molar-refractivity contribution in [2.45, 2.75) is 65.5 Å². The number of likely N-dealkylation sites (N-methyl/N-ethyl adjacent to an activating group) is 1. The molecule has 0 aromatic rings. The first-order chi connectivity index (χ1) is 8.08. The predicted molar refractivity (Wildman–Crippen MR) is 74.3 cm³/mol. The average molecular weight is 256 g/mol. The van der Waals surface area contributed by atoms with Gasteiger partial charge in [0.1, 0.15) is 0 Å². The fourth-order valence-electron chi connectivity index (χ4n) is 1.86. The molecule has 0 saturated carbocycles. The van der Waals surface area contributed by atoms with E-state index >= 15 is 0 Å². The van der Waals surface area contributed by atoms with Crippen molar-refractivity contribution in [1.82, 2.24) is 9.80 Å². The molecule has 18 heavy (non-hydrogen) atoms. The smallest absolute Gasteiger partial charge is 0.248 e. The molecule has 2 amide bonds. The number of carbonyl (C=O) groups excluding carboxylic acids is 2. The Labute approximate surface area is 111 Å². The zero-order valence-electron chi connectivity index (χ0n) is 12.9. The van der Waals surface area contributed by atoms with E-state index in [4.69, 9.17) is 0 Å². The van der Waals surface area contributed by atoms with Gasteiger partial charge in [0.15, 0.2) is 0 Å². The molecule has 4 heteroatoms. The first-order valence-corrected chi connectivity index (χ1v) is 6.59. The summed E-state index contributed by atoms with van der Waals surface area (Å²) in [7, 11) is 1.92. The highest BCUT2D eigenvalue weighted by Gasteiger charge is 2.40. The van der Waals surface area contributed by atoms with E-state index in [2.05, 4.69) is 20.8 Å². The summed E-state index contributed by atoms with van der Waals surface area (Å²) in [4.78, 5) is 26.8. The number of hydrogen-bond acceptors (Lipinski definition) is 3. The Bertz CT molecular complexity index is 293. The lowest BCUT2D eigenvalue weighted by molar-refractivity contribution is -0.149. The van der Waals surface area contributed by atoms with Crippen LogP contribution in [0, 0.1) is 0 Å². The third kappa shape index (κ3) is 4.09. The van der Waals surface area contributed by atoms with E-state index in [-0.39, 0.29) is 11.4 Å². The Balaban J connectivity index is 4.97. The van der Waals surface area contributed by atoms with Crippen molar-refractivity contribution < 1.29 is 9.59 Å². The number of imide groups is 1. The van der Waals surface area contributed by atoms with Crippen molar-refractivity contribution in [3.8, 4) is 0 Å². The van der Waals surface area contributed by atoms with Crippen LogP contribution in [0.1, 0.15) is 54.4 Å². The number of nitrogens with zero attached hydrogens (tertiary/aromatic N) is 2. The molecule has 0 aromatic carbocycles. The van der Waals surface area contributed by atoms with Crippen molar-refractivity contribution >= 4 is 12.3 Å². The second-order valence-electron chi connectivity index (χ2n) is 6.25. The van der Waals surface area contributed by atoms with E-state index in [1.807, 2.05) is 32.7 Å². The summed E-state index contributed by atoms with van der Waals surface area (Å²) < 4.78 is 0. The maximum Gasteiger partial charge on any atom is 0.248 e. The van der Waals surface area contributed by atoms with Crippen LogP contribution in [0.25, 0.3) is 0 Å². The molecule has 0 saturated heterocycles. The van der Waals surface area contributed by atoms with Crippen LogP contribution in [0.3, 0.4) is 0 Å². The number of amides is 2. The van der Waals surface area contributed by atoms with Gasteiger partial charge in [0.05, 0.1) is 5.54 Å². The van der Waals surface area contributed by atoms with E-state index < -0.39 is 5.54 Å². The highest BCUT2D eigenvalue weighted by molar-refractivity contribution is 5.92. The van der Waals surface area contributed by atoms with E-state index in [1.165, 1.54) is 4.90 Å². The molecule has 0 N–H and O–H groups in total. The molecule has 0 bridgehead atoms. The first-order valence-electron chi connectivity index (χ1n) is 6.59. The van der Waals surface area contributed by atoms with Crippen LogP contribution in [0.4, 0.5) is 0 Å². The predicted octanol–water partition coefficient (Wildman–Crippen LogP) is 2.28. The third-order valence-corrected chi connectivity index (χ3v) is 3.51. The van der Waals surface area contributed by atoms with Crippen LogP contribution in [0.5, 0.6) is 0 Å². The molecule has 0 aromatic heterocycles. The Hall–Kier alpha value is -0.900. The van der Waals surface area contributed by atoms with Crippen LogP contribution >= 0.6 is 0 Å². The van der Waals surface area contributed by atoms with Crippen molar-refractivity contribution in [3.05, 3.63) is 0 Å². The van der Waals surface area contributed by atoms with Crippen molar-refractivity contribution in [2.24, 2.45) is 0 Å². The van der Waals surface area contributed by atoms with Gasteiger partial charge in [0.25, 0.3) is 0 Å². The highest BCUT2D eigenvalue weighted by Crippen LogP contribution is 2.24. The Kier molecular flexibility index (Phi) is 6.00. The first kappa shape index (κ1) is 17.1. The summed E-state index contributed by atoms with van der Waals surface area (Å²) in [6, 6.07) is 0. The van der Waals surface area contributed by atoms with Gasteiger partial charge >= 0.3 is 0 Å². The molecular formula is C14H28N2O2. The molecule has 0 aliphatic carbocycles. The minimum Gasteiger partial charge on any atom is -0.288 e. The second kappa shape index (κ2) is 6.32. The quantitative estimate of drug-likeness (QED) is 0.685. The molecule has 0 heterocycles. The average Bonchev–Trinajstić information content (AvgIpc) is 2.27. The fourth-order valence-corrected chi connectivity index (χ4v) is 1.86. The number of hydrogen-bond donors (Lipinski definition) is 0. The molecule has 0 atom stereocenters. The SMILES string of the molecule is CCCCN(C=O)C(=O)C(C)(C)N(C)C(C)(C)C. The summed E-state index contributed by atoms with van der Waals surface area (Å²) in [5, 5.41) is 0. The molecule has 0 fully saturated rings. The summed E-state index contributed by atoms with van der Waals surface area (Å²) in [5.41, 5.74) is -0.814. The molecule has 0 rings (SSSR count). The van der Waals surface area contributed by atoms with Crippen LogP contribution in [-0.2, 0) is 9.59 Å². The summed E-state index contributed by atoms with van der Waals surface area (Å²) >= 11 is 0. The standard InChI is InChI=1S/C14H28N2O2/c1-8-9-10-16(11-17)12(18)14(5,6)15(7)13(2,3)4/h11H,8-10H2,1-7H3. The molecule has 106 valence electrons. The van der Waals surface area contributed by atoms with Crippen molar-refractivity contribution in [3.63, 3.8) is 0 Å². The van der Waals surface area contributed by atoms with Crippen molar-refractivity contribution in [2.75, 3.05) is 13.6 Å². The fraction of sp³-hybridized carbons (Fsp3) is 0.857. The normalized spacial score (nSPS) is 12.7. The zero-order chi connectivity index (χ0) is 14.6. The van der Waals surface area contributed by atoms with Crippen LogP contribution in [0.15, 0.2) is 0 Å². The van der Waals surface area contributed by atoms with Crippen LogP contribution in [0.2, 0.25) is 0 Å². The summed E-state index contributed by atoms with van der Waals surface area (Å²) in [5.74, 6) is -0.136. The Morgan fingerprint density at radius 3 is 2.00 bits per heavy atom. The monoisotopic (exact) mass is 256 g/mol. The number of carbonyl (C=O) groups is 2. The van der Waals surface area contributed by atoms with Gasteiger partial charge in [0, 0.05) is 12.1 Å². The van der Waals surface area contributed by atoms with Gasteiger partial charge in [-0.15, -0.1) is 0 Å². The zero-order valence-corrected chi connectivity index (χ0v) is 12.9. The van der Waals surface area contributed by atoms with Gasteiger partial charge in [-0.1, -0.05) is 13.3 Å². The Morgan fingerprint density at radius 1 is 1.17 bits per heavy atom.